The molecule has 1 aromatic carbocycles. The highest BCUT2D eigenvalue weighted by atomic mass is 19.1. The van der Waals surface area contributed by atoms with Gasteiger partial charge in [0.05, 0.1) is 0 Å². The second-order valence-corrected chi connectivity index (χ2v) is 2.80. The van der Waals surface area contributed by atoms with Gasteiger partial charge in [0.15, 0.2) is 0 Å². The topological polar surface area (TPSA) is 20.2 Å². The number of rotatable bonds is 0. The molecule has 0 aliphatic heterocycles. The van der Waals surface area contributed by atoms with Crippen LogP contribution in [0.15, 0.2) is 6.07 Å². The maximum absolute atomic E-state index is 13.0. The first kappa shape index (κ1) is 8.11. The fraction of sp³-hybridized carbons (Fsp3) is 0.250. The van der Waals surface area contributed by atoms with Crippen molar-refractivity contribution in [1.82, 2.24) is 0 Å². The van der Waals surface area contributed by atoms with Crippen LogP contribution in [0.25, 0.3) is 0 Å². The van der Waals surface area contributed by atoms with Gasteiger partial charge in [-0.25, -0.2) is 4.39 Å². The summed E-state index contributed by atoms with van der Waals surface area (Å²) >= 11 is 0. The van der Waals surface area contributed by atoms with E-state index in [1.807, 2.05) is 0 Å². The maximum atomic E-state index is 13.0. The van der Waals surface area contributed by atoms with Crippen LogP contribution in [-0.2, 0) is 0 Å². The number of phenols is 1. The summed E-state index contributed by atoms with van der Waals surface area (Å²) in [6.07, 6.45) is 0. The Labute approximate surface area is 66.3 Å². The van der Waals surface area contributed by atoms with Crippen molar-refractivity contribution in [3.8, 4) is 5.75 Å². The van der Waals surface area contributed by atoms with Gasteiger partial charge in [0, 0.05) is 5.56 Å². The Balaban J connectivity index is 3.46. The third-order valence-corrected chi connectivity index (χ3v) is 1.84. The van der Waals surface area contributed by atoms with E-state index in [-0.39, 0.29) is 11.6 Å². The van der Waals surface area contributed by atoms with Crippen molar-refractivity contribution in [3.05, 3.63) is 23.0 Å². The van der Waals surface area contributed by atoms with Crippen LogP contribution in [0.2, 0.25) is 0 Å². The molecule has 1 nitrogen and oxygen atoms in total. The number of aromatic hydroxyl groups is 1. The molecule has 0 aliphatic carbocycles. The highest BCUT2D eigenvalue weighted by Gasteiger charge is 2.08. The fourth-order valence-electron chi connectivity index (χ4n) is 1.15. The standard InChI is InChI=1S/C8H10BFO/c1-4-3-6(9)7(10)5(2)8(4)11/h3,11H,9H2,1-2H3. The van der Waals surface area contributed by atoms with E-state index >= 15 is 0 Å². The van der Waals surface area contributed by atoms with E-state index in [1.54, 1.807) is 27.8 Å². The van der Waals surface area contributed by atoms with E-state index in [4.69, 9.17) is 0 Å². The zero-order chi connectivity index (χ0) is 8.59. The summed E-state index contributed by atoms with van der Waals surface area (Å²) in [6.45, 7) is 3.33. The third-order valence-electron chi connectivity index (χ3n) is 1.84. The van der Waals surface area contributed by atoms with Crippen LogP contribution in [-0.4, -0.2) is 13.0 Å². The van der Waals surface area contributed by atoms with Crippen LogP contribution >= 0.6 is 0 Å². The summed E-state index contributed by atoms with van der Waals surface area (Å²) in [7, 11) is 1.69. The normalized spacial score (nSPS) is 10.1. The van der Waals surface area contributed by atoms with Crippen LogP contribution < -0.4 is 5.46 Å². The smallest absolute Gasteiger partial charge is 0.143 e. The molecule has 1 N–H and O–H groups in total. The van der Waals surface area contributed by atoms with Gasteiger partial charge in [-0.2, -0.15) is 0 Å². The molecule has 1 rings (SSSR count). The molecule has 0 saturated carbocycles. The van der Waals surface area contributed by atoms with Crippen molar-refractivity contribution in [2.45, 2.75) is 13.8 Å². The first-order valence-corrected chi connectivity index (χ1v) is 3.49. The minimum absolute atomic E-state index is 0.0631. The summed E-state index contributed by atoms with van der Waals surface area (Å²) in [6, 6.07) is 1.64. The molecule has 0 fully saturated rings. The van der Waals surface area contributed by atoms with Gasteiger partial charge in [-0.3, -0.25) is 0 Å². The number of halogens is 1. The second-order valence-electron chi connectivity index (χ2n) is 2.80. The second kappa shape index (κ2) is 2.57. The Bertz CT molecular complexity index is 270. The molecule has 1 aromatic rings. The summed E-state index contributed by atoms with van der Waals surface area (Å²) in [5, 5.41) is 9.27. The number of hydrogen-bond donors (Lipinski definition) is 1. The monoisotopic (exact) mass is 152 g/mol. The van der Waals surface area contributed by atoms with Crippen molar-refractivity contribution in [2.75, 3.05) is 0 Å². The molecular formula is C8H10BFO. The quantitative estimate of drug-likeness (QED) is 0.533. The molecule has 0 unspecified atom stereocenters. The predicted octanol–water partition coefficient (Wildman–Crippen LogP) is 0.407. The molecule has 11 heavy (non-hydrogen) atoms. The largest absolute Gasteiger partial charge is 0.507 e. The van der Waals surface area contributed by atoms with Crippen LogP contribution in [0, 0.1) is 19.7 Å². The molecule has 0 heterocycles. The van der Waals surface area contributed by atoms with Crippen LogP contribution in [0.3, 0.4) is 0 Å². The minimum atomic E-state index is -0.312. The van der Waals surface area contributed by atoms with Crippen LogP contribution in [0.5, 0.6) is 5.75 Å². The molecule has 3 heteroatoms. The summed E-state index contributed by atoms with van der Waals surface area (Å²) in [5.74, 6) is -0.249. The molecule has 0 radical (unpaired) electrons. The van der Waals surface area contributed by atoms with Crippen molar-refractivity contribution in [2.24, 2.45) is 0 Å². The number of benzene rings is 1. The highest BCUT2D eigenvalue weighted by Crippen LogP contribution is 2.21. The van der Waals surface area contributed by atoms with E-state index < -0.39 is 0 Å². The lowest BCUT2D eigenvalue weighted by Gasteiger charge is -2.06. The molecule has 0 spiro atoms. The average molecular weight is 152 g/mol. The number of aryl methyl sites for hydroxylation is 1. The molecule has 0 saturated heterocycles. The third kappa shape index (κ3) is 1.23. The zero-order valence-electron chi connectivity index (χ0n) is 6.90. The first-order chi connectivity index (χ1) is 5.04. The van der Waals surface area contributed by atoms with Crippen molar-refractivity contribution >= 4 is 13.3 Å². The fourth-order valence-corrected chi connectivity index (χ4v) is 1.15. The Morgan fingerprint density at radius 2 is 2.00 bits per heavy atom. The average Bonchev–Trinajstić information content (AvgIpc) is 1.97. The van der Waals surface area contributed by atoms with E-state index in [2.05, 4.69) is 0 Å². The number of hydrogen-bond acceptors (Lipinski definition) is 1. The van der Waals surface area contributed by atoms with Gasteiger partial charge in [-0.15, -0.1) is 0 Å². The molecular weight excluding hydrogens is 142 g/mol. The molecule has 0 atom stereocenters. The Kier molecular flexibility index (Phi) is 1.89. The van der Waals surface area contributed by atoms with Crippen molar-refractivity contribution in [1.29, 1.82) is 0 Å². The number of phenolic OH excluding ortho intramolecular Hbond substituents is 1. The van der Waals surface area contributed by atoms with Gasteiger partial charge in [0.1, 0.15) is 19.4 Å². The van der Waals surface area contributed by atoms with E-state index in [0.717, 1.165) is 5.56 Å². The van der Waals surface area contributed by atoms with Gasteiger partial charge >= 0.3 is 0 Å². The van der Waals surface area contributed by atoms with Crippen molar-refractivity contribution in [3.63, 3.8) is 0 Å². The highest BCUT2D eigenvalue weighted by molar-refractivity contribution is 6.32. The van der Waals surface area contributed by atoms with Gasteiger partial charge in [0.25, 0.3) is 0 Å². The maximum Gasteiger partial charge on any atom is 0.143 e. The lowest BCUT2D eigenvalue weighted by Crippen LogP contribution is -2.10. The molecule has 0 aromatic heterocycles. The first-order valence-electron chi connectivity index (χ1n) is 3.49. The van der Waals surface area contributed by atoms with Gasteiger partial charge in [-0.05, 0) is 19.4 Å². The van der Waals surface area contributed by atoms with Crippen LogP contribution in [0.4, 0.5) is 4.39 Å². The lowest BCUT2D eigenvalue weighted by atomic mass is 9.91. The van der Waals surface area contributed by atoms with Gasteiger partial charge in [0.2, 0.25) is 0 Å². The summed E-state index contributed by atoms with van der Waals surface area (Å²) in [5.41, 5.74) is 1.64. The molecule has 0 bridgehead atoms. The van der Waals surface area contributed by atoms with Gasteiger partial charge < -0.3 is 5.11 Å². The SMILES string of the molecule is Bc1cc(C)c(O)c(C)c1F. The Morgan fingerprint density at radius 3 is 2.55 bits per heavy atom. The Hall–Kier alpha value is -0.985. The molecule has 0 amide bonds. The van der Waals surface area contributed by atoms with Crippen molar-refractivity contribution < 1.29 is 9.50 Å². The van der Waals surface area contributed by atoms with Crippen LogP contribution in [0.1, 0.15) is 11.1 Å². The van der Waals surface area contributed by atoms with E-state index in [0.29, 0.717) is 11.0 Å². The van der Waals surface area contributed by atoms with Gasteiger partial charge in [-0.1, -0.05) is 11.5 Å². The predicted molar refractivity (Wildman–Crippen MR) is 45.7 cm³/mol. The summed E-state index contributed by atoms with van der Waals surface area (Å²) in [4.78, 5) is 0. The van der Waals surface area contributed by atoms with E-state index in [9.17, 15) is 9.50 Å². The zero-order valence-corrected chi connectivity index (χ0v) is 6.90. The van der Waals surface area contributed by atoms with E-state index in [1.165, 1.54) is 0 Å². The molecule has 58 valence electrons. The molecule has 0 aliphatic rings. The summed E-state index contributed by atoms with van der Waals surface area (Å²) < 4.78 is 13.0. The lowest BCUT2D eigenvalue weighted by molar-refractivity contribution is 0.459. The Morgan fingerprint density at radius 1 is 1.45 bits per heavy atom. The minimum Gasteiger partial charge on any atom is -0.507 e.